The molecule has 1 aromatic carbocycles. The van der Waals surface area contributed by atoms with Crippen LogP contribution in [0.3, 0.4) is 0 Å². The Balaban J connectivity index is 2.14. The molecule has 0 radical (unpaired) electrons. The van der Waals surface area contributed by atoms with E-state index in [9.17, 15) is 4.79 Å². The Kier molecular flexibility index (Phi) is 4.22. The van der Waals surface area contributed by atoms with Crippen LogP contribution in [0, 0.1) is 13.8 Å². The largest absolute Gasteiger partial charge is 0.479 e. The molecule has 0 spiro atoms. The van der Waals surface area contributed by atoms with E-state index in [1.165, 1.54) is 16.7 Å². The second-order valence-corrected chi connectivity index (χ2v) is 5.29. The second kappa shape index (κ2) is 5.72. The topological polar surface area (TPSA) is 49.8 Å². The van der Waals surface area contributed by atoms with Crippen LogP contribution in [-0.2, 0) is 9.53 Å². The summed E-state index contributed by atoms with van der Waals surface area (Å²) >= 11 is 0. The average Bonchev–Trinajstić information content (AvgIpc) is 2.37. The summed E-state index contributed by atoms with van der Waals surface area (Å²) in [6.07, 6.45) is -0.706. The number of nitrogens with zero attached hydrogens (tertiary/aromatic N) is 1. The highest BCUT2D eigenvalue weighted by molar-refractivity contribution is 5.72. The molecule has 1 N–H and O–H groups in total. The standard InChI is InChI=1S/C15H21NO3/c1-10-6-11(2)8-13(7-10)12(3)16-4-5-19-14(9-16)15(17)18/h6-8,12,14H,4-5,9H2,1-3H3,(H,17,18). The van der Waals surface area contributed by atoms with E-state index in [0.29, 0.717) is 13.2 Å². The molecule has 1 aliphatic heterocycles. The summed E-state index contributed by atoms with van der Waals surface area (Å²) in [5, 5.41) is 9.04. The lowest BCUT2D eigenvalue weighted by molar-refractivity contribution is -0.157. The van der Waals surface area contributed by atoms with Gasteiger partial charge in [0.1, 0.15) is 0 Å². The maximum Gasteiger partial charge on any atom is 0.334 e. The van der Waals surface area contributed by atoms with E-state index in [1.807, 2.05) is 0 Å². The molecular formula is C15H21NO3. The van der Waals surface area contributed by atoms with Gasteiger partial charge in [-0.2, -0.15) is 0 Å². The Bertz CT molecular complexity index is 452. The van der Waals surface area contributed by atoms with Crippen LogP contribution in [0.15, 0.2) is 18.2 Å². The third-order valence-electron chi connectivity index (χ3n) is 3.65. The first kappa shape index (κ1) is 14.0. The predicted octanol–water partition coefficient (Wildman–Crippen LogP) is 2.15. The minimum atomic E-state index is -0.877. The first-order valence-corrected chi connectivity index (χ1v) is 6.64. The monoisotopic (exact) mass is 263 g/mol. The van der Waals surface area contributed by atoms with Crippen LogP contribution in [0.4, 0.5) is 0 Å². The van der Waals surface area contributed by atoms with Crippen molar-refractivity contribution in [3.05, 3.63) is 34.9 Å². The maximum atomic E-state index is 11.0. The van der Waals surface area contributed by atoms with E-state index >= 15 is 0 Å². The van der Waals surface area contributed by atoms with Crippen molar-refractivity contribution < 1.29 is 14.6 Å². The predicted molar refractivity (Wildman–Crippen MR) is 73.3 cm³/mol. The smallest absolute Gasteiger partial charge is 0.334 e. The molecule has 2 unspecified atom stereocenters. The van der Waals surface area contributed by atoms with Crippen molar-refractivity contribution in [2.45, 2.75) is 32.9 Å². The van der Waals surface area contributed by atoms with E-state index in [2.05, 4.69) is 43.9 Å². The van der Waals surface area contributed by atoms with Crippen LogP contribution in [0.5, 0.6) is 0 Å². The summed E-state index contributed by atoms with van der Waals surface area (Å²) in [6.45, 7) is 8.00. The van der Waals surface area contributed by atoms with Crippen LogP contribution in [0.1, 0.15) is 29.7 Å². The highest BCUT2D eigenvalue weighted by atomic mass is 16.5. The minimum Gasteiger partial charge on any atom is -0.479 e. The third-order valence-corrected chi connectivity index (χ3v) is 3.65. The number of aliphatic carboxylic acids is 1. The fourth-order valence-corrected chi connectivity index (χ4v) is 2.63. The van der Waals surface area contributed by atoms with E-state index in [4.69, 9.17) is 9.84 Å². The van der Waals surface area contributed by atoms with Gasteiger partial charge in [-0.25, -0.2) is 4.79 Å². The van der Waals surface area contributed by atoms with Crippen molar-refractivity contribution in [2.75, 3.05) is 19.7 Å². The zero-order valence-electron chi connectivity index (χ0n) is 11.7. The van der Waals surface area contributed by atoms with Gasteiger partial charge in [0.25, 0.3) is 0 Å². The lowest BCUT2D eigenvalue weighted by atomic mass is 10.0. The molecule has 1 aromatic rings. The van der Waals surface area contributed by atoms with Crippen LogP contribution in [0.25, 0.3) is 0 Å². The normalized spacial score (nSPS) is 22.2. The third kappa shape index (κ3) is 3.33. The zero-order chi connectivity index (χ0) is 14.0. The molecule has 1 fully saturated rings. The summed E-state index contributed by atoms with van der Waals surface area (Å²) < 4.78 is 5.26. The number of rotatable bonds is 3. The summed E-state index contributed by atoms with van der Waals surface area (Å²) in [4.78, 5) is 13.2. The van der Waals surface area contributed by atoms with Crippen molar-refractivity contribution in [1.82, 2.24) is 4.90 Å². The molecule has 0 saturated carbocycles. The number of hydrogen-bond donors (Lipinski definition) is 1. The van der Waals surface area contributed by atoms with Crippen molar-refractivity contribution in [3.8, 4) is 0 Å². The van der Waals surface area contributed by atoms with Crippen LogP contribution < -0.4 is 0 Å². The number of morpholine rings is 1. The van der Waals surface area contributed by atoms with Gasteiger partial charge in [0.2, 0.25) is 0 Å². The molecule has 0 aromatic heterocycles. The molecule has 104 valence electrons. The molecule has 2 atom stereocenters. The molecule has 0 bridgehead atoms. The van der Waals surface area contributed by atoms with E-state index in [-0.39, 0.29) is 6.04 Å². The molecular weight excluding hydrogens is 242 g/mol. The summed E-state index contributed by atoms with van der Waals surface area (Å²) in [5.74, 6) is -0.877. The van der Waals surface area contributed by atoms with Gasteiger partial charge < -0.3 is 9.84 Å². The zero-order valence-corrected chi connectivity index (χ0v) is 11.7. The van der Waals surface area contributed by atoms with Gasteiger partial charge >= 0.3 is 5.97 Å². The number of hydrogen-bond acceptors (Lipinski definition) is 3. The number of aryl methyl sites for hydroxylation is 2. The second-order valence-electron chi connectivity index (χ2n) is 5.29. The lowest BCUT2D eigenvalue weighted by Crippen LogP contribution is -2.46. The Morgan fingerprint density at radius 3 is 2.58 bits per heavy atom. The molecule has 0 amide bonds. The quantitative estimate of drug-likeness (QED) is 0.908. The molecule has 4 nitrogen and oxygen atoms in total. The molecule has 1 heterocycles. The van der Waals surface area contributed by atoms with Gasteiger partial charge in [-0.1, -0.05) is 29.3 Å². The molecule has 1 aliphatic rings. The van der Waals surface area contributed by atoms with Gasteiger partial charge in [0.05, 0.1) is 6.61 Å². The first-order valence-electron chi connectivity index (χ1n) is 6.64. The molecule has 1 saturated heterocycles. The van der Waals surface area contributed by atoms with Gasteiger partial charge in [0, 0.05) is 19.1 Å². The Labute approximate surface area is 114 Å². The summed E-state index contributed by atoms with van der Waals surface area (Å²) in [6, 6.07) is 6.70. The van der Waals surface area contributed by atoms with Crippen molar-refractivity contribution >= 4 is 5.97 Å². The van der Waals surface area contributed by atoms with E-state index in [1.54, 1.807) is 0 Å². The molecule has 0 aliphatic carbocycles. The van der Waals surface area contributed by atoms with Gasteiger partial charge in [-0.3, -0.25) is 4.90 Å². The minimum absolute atomic E-state index is 0.212. The molecule has 2 rings (SSSR count). The van der Waals surface area contributed by atoms with Crippen LogP contribution >= 0.6 is 0 Å². The van der Waals surface area contributed by atoms with Crippen molar-refractivity contribution in [1.29, 1.82) is 0 Å². The highest BCUT2D eigenvalue weighted by Crippen LogP contribution is 2.24. The van der Waals surface area contributed by atoms with Crippen LogP contribution in [-0.4, -0.2) is 41.8 Å². The fraction of sp³-hybridized carbons (Fsp3) is 0.533. The van der Waals surface area contributed by atoms with Crippen LogP contribution in [0.2, 0.25) is 0 Å². The maximum absolute atomic E-state index is 11.0. The Morgan fingerprint density at radius 1 is 1.37 bits per heavy atom. The highest BCUT2D eigenvalue weighted by Gasteiger charge is 2.29. The van der Waals surface area contributed by atoms with Crippen molar-refractivity contribution in [2.24, 2.45) is 0 Å². The fourth-order valence-electron chi connectivity index (χ4n) is 2.63. The number of carboxylic acids is 1. The number of carbonyl (C=O) groups is 1. The van der Waals surface area contributed by atoms with Gasteiger partial charge in [-0.05, 0) is 26.3 Å². The summed E-state index contributed by atoms with van der Waals surface area (Å²) in [5.41, 5.74) is 3.72. The average molecular weight is 263 g/mol. The van der Waals surface area contributed by atoms with E-state index < -0.39 is 12.1 Å². The lowest BCUT2D eigenvalue weighted by Gasteiger charge is -2.35. The van der Waals surface area contributed by atoms with E-state index in [0.717, 1.165) is 6.54 Å². The van der Waals surface area contributed by atoms with Crippen molar-refractivity contribution in [3.63, 3.8) is 0 Å². The number of benzene rings is 1. The summed E-state index contributed by atoms with van der Waals surface area (Å²) in [7, 11) is 0. The number of carboxylic acid groups (broad SMARTS) is 1. The molecule has 19 heavy (non-hydrogen) atoms. The SMILES string of the molecule is Cc1cc(C)cc(C(C)N2CCOC(C(=O)O)C2)c1. The molecule has 4 heteroatoms. The Morgan fingerprint density at radius 2 is 2.00 bits per heavy atom. The number of ether oxygens (including phenoxy) is 1. The first-order chi connectivity index (χ1) is 8.97. The van der Waals surface area contributed by atoms with Gasteiger partial charge in [-0.15, -0.1) is 0 Å². The van der Waals surface area contributed by atoms with Gasteiger partial charge in [0.15, 0.2) is 6.10 Å². The Hall–Kier alpha value is -1.39.